The number of amides is 1. The monoisotopic (exact) mass is 320 g/mol. The molecule has 2 atom stereocenters. The van der Waals surface area contributed by atoms with E-state index >= 15 is 0 Å². The minimum Gasteiger partial charge on any atom is -0.494 e. The van der Waals surface area contributed by atoms with Crippen LogP contribution >= 0.6 is 11.8 Å². The molecule has 1 amide bonds. The Hall–Kier alpha value is -2.02. The number of cyclic esters (lactones) is 1. The summed E-state index contributed by atoms with van der Waals surface area (Å²) in [7, 11) is 0. The normalized spacial score (nSPS) is 29.0. The van der Waals surface area contributed by atoms with Crippen molar-refractivity contribution in [2.45, 2.75) is 31.1 Å². The van der Waals surface area contributed by atoms with E-state index in [4.69, 9.17) is 9.47 Å². The van der Waals surface area contributed by atoms with Crippen LogP contribution in [0.1, 0.15) is 20.3 Å². The Bertz CT molecular complexity index is 643. The maximum absolute atomic E-state index is 12.2. The molecule has 0 aromatic heterocycles. The summed E-state index contributed by atoms with van der Waals surface area (Å²) in [5, 5.41) is 3.08. The summed E-state index contributed by atoms with van der Waals surface area (Å²) in [6, 6.07) is 7.22. The van der Waals surface area contributed by atoms with E-state index in [1.165, 1.54) is 0 Å². The van der Waals surface area contributed by atoms with Crippen molar-refractivity contribution in [2.24, 2.45) is 4.99 Å². The van der Waals surface area contributed by atoms with Gasteiger partial charge in [0.15, 0.2) is 5.17 Å². The summed E-state index contributed by atoms with van der Waals surface area (Å²) in [5.74, 6) is -0.0739. The summed E-state index contributed by atoms with van der Waals surface area (Å²) < 4.78 is 9.31. The maximum atomic E-state index is 12.2. The topological polar surface area (TPSA) is 77.0 Å². The van der Waals surface area contributed by atoms with Crippen LogP contribution in [0.25, 0.3) is 0 Å². The van der Waals surface area contributed by atoms with Crippen molar-refractivity contribution in [1.82, 2.24) is 5.32 Å². The first-order chi connectivity index (χ1) is 10.5. The van der Waals surface area contributed by atoms with Gasteiger partial charge >= 0.3 is 5.97 Å². The highest BCUT2D eigenvalue weighted by atomic mass is 32.2. The number of nitrogens with one attached hydrogen (secondary N) is 1. The van der Waals surface area contributed by atoms with Crippen molar-refractivity contribution in [3.05, 3.63) is 24.3 Å². The van der Waals surface area contributed by atoms with Crippen LogP contribution in [0.2, 0.25) is 0 Å². The summed E-state index contributed by atoms with van der Waals surface area (Å²) >= 11 is 1.13. The maximum Gasteiger partial charge on any atom is 0.332 e. The minimum atomic E-state index is -1.18. The highest BCUT2D eigenvalue weighted by molar-refractivity contribution is 8.17. The molecule has 2 aliphatic rings. The molecule has 0 unspecified atom stereocenters. The molecule has 3 rings (SSSR count). The van der Waals surface area contributed by atoms with Gasteiger partial charge in [-0.25, -0.2) is 9.79 Å². The SMILES string of the molecule is CCOc1ccc(N=C2NC(=O)[C@@]3(C[C@H](C)OC3=O)S2)cc1. The van der Waals surface area contributed by atoms with Crippen molar-refractivity contribution >= 4 is 34.5 Å². The first-order valence-electron chi connectivity index (χ1n) is 7.06. The second-order valence-corrected chi connectivity index (χ2v) is 6.43. The Labute approximate surface area is 132 Å². The zero-order valence-electron chi connectivity index (χ0n) is 12.3. The third-order valence-corrected chi connectivity index (χ3v) is 4.70. The van der Waals surface area contributed by atoms with Crippen molar-refractivity contribution in [3.8, 4) is 5.75 Å². The van der Waals surface area contributed by atoms with E-state index in [1.54, 1.807) is 19.1 Å². The Morgan fingerprint density at radius 1 is 1.41 bits per heavy atom. The Morgan fingerprint density at radius 2 is 2.14 bits per heavy atom. The molecule has 0 radical (unpaired) electrons. The van der Waals surface area contributed by atoms with Crippen LogP contribution in [-0.4, -0.2) is 34.5 Å². The largest absolute Gasteiger partial charge is 0.494 e. The molecule has 1 aromatic rings. The fourth-order valence-corrected chi connectivity index (χ4v) is 3.68. The molecule has 6 nitrogen and oxygen atoms in total. The lowest BCUT2D eigenvalue weighted by Gasteiger charge is -2.10. The van der Waals surface area contributed by atoms with Crippen molar-refractivity contribution in [2.75, 3.05) is 6.61 Å². The molecule has 0 saturated carbocycles. The zero-order chi connectivity index (χ0) is 15.7. The standard InChI is InChI=1S/C15H16N2O4S/c1-3-20-11-6-4-10(5-7-11)16-14-17-12(18)15(22-14)8-9(2)21-13(15)19/h4-7,9H,3,8H2,1-2H3,(H,16,17,18)/t9-,15+/m0/s1. The molecule has 1 N–H and O–H groups in total. The number of esters is 1. The van der Waals surface area contributed by atoms with Gasteiger partial charge in [-0.1, -0.05) is 11.8 Å². The fourth-order valence-electron chi connectivity index (χ4n) is 2.46. The van der Waals surface area contributed by atoms with E-state index in [2.05, 4.69) is 10.3 Å². The second kappa shape index (κ2) is 5.64. The number of amidine groups is 1. The van der Waals surface area contributed by atoms with Crippen LogP contribution in [-0.2, 0) is 14.3 Å². The number of ether oxygens (including phenoxy) is 2. The van der Waals surface area contributed by atoms with Crippen LogP contribution in [0, 0.1) is 0 Å². The number of nitrogens with zero attached hydrogens (tertiary/aromatic N) is 1. The van der Waals surface area contributed by atoms with Crippen LogP contribution in [0.4, 0.5) is 5.69 Å². The molecule has 2 aliphatic heterocycles. The molecule has 2 fully saturated rings. The van der Waals surface area contributed by atoms with Crippen molar-refractivity contribution < 1.29 is 19.1 Å². The Morgan fingerprint density at radius 3 is 2.73 bits per heavy atom. The number of hydrogen-bond donors (Lipinski definition) is 1. The van der Waals surface area contributed by atoms with Crippen LogP contribution in [0.3, 0.4) is 0 Å². The highest BCUT2D eigenvalue weighted by Gasteiger charge is 2.59. The summed E-state index contributed by atoms with van der Waals surface area (Å²) in [6.07, 6.45) is 0.112. The number of benzene rings is 1. The van der Waals surface area contributed by atoms with Gasteiger partial charge in [-0.3, -0.25) is 4.79 Å². The number of aliphatic imine (C=N–C) groups is 1. The number of rotatable bonds is 3. The quantitative estimate of drug-likeness (QED) is 0.681. The molecule has 1 aromatic carbocycles. The van der Waals surface area contributed by atoms with Crippen molar-refractivity contribution in [1.29, 1.82) is 0 Å². The molecule has 7 heteroatoms. The molecular weight excluding hydrogens is 304 g/mol. The van der Waals surface area contributed by atoms with Gasteiger partial charge in [-0.05, 0) is 38.1 Å². The Balaban J connectivity index is 1.79. The van der Waals surface area contributed by atoms with E-state index in [0.29, 0.717) is 23.9 Å². The lowest BCUT2D eigenvalue weighted by Crippen LogP contribution is -2.40. The third kappa shape index (κ3) is 2.56. The molecule has 0 aliphatic carbocycles. The van der Waals surface area contributed by atoms with Gasteiger partial charge in [0.05, 0.1) is 12.3 Å². The average Bonchev–Trinajstić information content (AvgIpc) is 2.93. The average molecular weight is 320 g/mol. The van der Waals surface area contributed by atoms with Gasteiger partial charge in [0, 0.05) is 6.42 Å². The molecule has 2 heterocycles. The van der Waals surface area contributed by atoms with E-state index < -0.39 is 10.7 Å². The Kier molecular flexibility index (Phi) is 3.82. The fraction of sp³-hybridized carbons (Fsp3) is 0.400. The number of hydrogen-bond acceptors (Lipinski definition) is 6. The molecule has 2 saturated heterocycles. The van der Waals surface area contributed by atoms with Gasteiger partial charge in [-0.2, -0.15) is 0 Å². The summed E-state index contributed by atoms with van der Waals surface area (Å²) in [4.78, 5) is 28.5. The van der Waals surface area contributed by atoms with Crippen molar-refractivity contribution in [3.63, 3.8) is 0 Å². The van der Waals surface area contributed by atoms with Crippen LogP contribution in [0.15, 0.2) is 29.3 Å². The van der Waals surface area contributed by atoms with E-state index in [1.807, 2.05) is 19.1 Å². The van der Waals surface area contributed by atoms with Gasteiger partial charge in [0.1, 0.15) is 11.9 Å². The third-order valence-electron chi connectivity index (χ3n) is 3.45. The highest BCUT2D eigenvalue weighted by Crippen LogP contribution is 2.42. The zero-order valence-corrected chi connectivity index (χ0v) is 13.1. The lowest BCUT2D eigenvalue weighted by atomic mass is 10.0. The van der Waals surface area contributed by atoms with Gasteiger partial charge in [-0.15, -0.1) is 0 Å². The van der Waals surface area contributed by atoms with E-state index in [9.17, 15) is 9.59 Å². The predicted molar refractivity (Wildman–Crippen MR) is 83.3 cm³/mol. The van der Waals surface area contributed by atoms with Gasteiger partial charge in [0.25, 0.3) is 5.91 Å². The van der Waals surface area contributed by atoms with Crippen LogP contribution in [0.5, 0.6) is 5.75 Å². The van der Waals surface area contributed by atoms with E-state index in [0.717, 1.165) is 17.5 Å². The predicted octanol–water partition coefficient (Wildman–Crippen LogP) is 2.01. The van der Waals surface area contributed by atoms with E-state index in [-0.39, 0.29) is 12.0 Å². The molecule has 0 bridgehead atoms. The molecule has 116 valence electrons. The minimum absolute atomic E-state index is 0.254. The molecule has 1 spiro atoms. The first kappa shape index (κ1) is 14.9. The molecular formula is C15H16N2O4S. The molecule has 22 heavy (non-hydrogen) atoms. The number of carbonyl (C=O) groups is 2. The second-order valence-electron chi connectivity index (χ2n) is 5.15. The smallest absolute Gasteiger partial charge is 0.332 e. The lowest BCUT2D eigenvalue weighted by molar-refractivity contribution is -0.144. The summed E-state index contributed by atoms with van der Waals surface area (Å²) in [6.45, 7) is 4.30. The first-order valence-corrected chi connectivity index (χ1v) is 7.88. The van der Waals surface area contributed by atoms with Gasteiger partial charge < -0.3 is 14.8 Å². The van der Waals surface area contributed by atoms with Crippen LogP contribution < -0.4 is 10.1 Å². The summed E-state index contributed by atoms with van der Waals surface area (Å²) in [5.41, 5.74) is 0.683. The number of carbonyl (C=O) groups excluding carboxylic acids is 2. The van der Waals surface area contributed by atoms with Gasteiger partial charge in [0.2, 0.25) is 4.75 Å². The number of thioether (sulfide) groups is 1.